The molecule has 1 fully saturated rings. The molecule has 1 aromatic carbocycles. The lowest BCUT2D eigenvalue weighted by molar-refractivity contribution is 0.331. The third kappa shape index (κ3) is 2.76. The molecule has 2 unspecified atom stereocenters. The van der Waals surface area contributed by atoms with Gasteiger partial charge in [0.1, 0.15) is 10.6 Å². The monoisotopic (exact) mass is 270 g/mol. The molecule has 6 heteroatoms. The van der Waals surface area contributed by atoms with Crippen LogP contribution >= 0.6 is 0 Å². The zero-order chi connectivity index (χ0) is 13.3. The van der Waals surface area contributed by atoms with E-state index in [1.165, 1.54) is 6.07 Å². The van der Waals surface area contributed by atoms with E-state index >= 15 is 0 Å². The summed E-state index contributed by atoms with van der Waals surface area (Å²) < 4.78 is 32.5. The van der Waals surface area contributed by atoms with Crippen LogP contribution in [0.1, 0.15) is 20.3 Å². The first-order valence-corrected chi connectivity index (χ1v) is 7.47. The molecular formula is C12H18N2O3S. The maximum absolute atomic E-state index is 12.2. The van der Waals surface area contributed by atoms with E-state index in [-0.39, 0.29) is 10.9 Å². The standard InChI is InChI=1S/C12H18N2O3S/c1-3-17-11-5-4-9(13)7-12(11)18(15,16)14-10-6-8(10)2/h4-5,7-8,10,14H,3,6,13H2,1-2H3. The molecule has 1 saturated carbocycles. The lowest BCUT2D eigenvalue weighted by atomic mass is 10.3. The minimum atomic E-state index is -3.56. The Bertz CT molecular complexity index is 542. The molecule has 0 spiro atoms. The van der Waals surface area contributed by atoms with Crippen molar-refractivity contribution in [3.63, 3.8) is 0 Å². The molecule has 2 atom stereocenters. The highest BCUT2D eigenvalue weighted by Crippen LogP contribution is 2.33. The van der Waals surface area contributed by atoms with Gasteiger partial charge in [0.05, 0.1) is 6.61 Å². The minimum Gasteiger partial charge on any atom is -0.492 e. The summed E-state index contributed by atoms with van der Waals surface area (Å²) in [7, 11) is -3.56. The van der Waals surface area contributed by atoms with Crippen molar-refractivity contribution in [1.82, 2.24) is 4.72 Å². The second-order valence-electron chi connectivity index (χ2n) is 4.58. The summed E-state index contributed by atoms with van der Waals surface area (Å²) in [5, 5.41) is 0. The Morgan fingerprint density at radius 1 is 1.50 bits per heavy atom. The number of rotatable bonds is 5. The SMILES string of the molecule is CCOc1ccc(N)cc1S(=O)(=O)NC1CC1C. The molecule has 100 valence electrons. The predicted octanol–water partition coefficient (Wildman–Crippen LogP) is 1.35. The van der Waals surface area contributed by atoms with Gasteiger partial charge >= 0.3 is 0 Å². The molecule has 0 amide bonds. The Morgan fingerprint density at radius 3 is 2.72 bits per heavy atom. The molecule has 2 rings (SSSR count). The molecule has 0 heterocycles. The van der Waals surface area contributed by atoms with Crippen LogP contribution in [0.5, 0.6) is 5.75 Å². The van der Waals surface area contributed by atoms with Gasteiger partial charge in [0.2, 0.25) is 10.0 Å². The van der Waals surface area contributed by atoms with Crippen molar-refractivity contribution < 1.29 is 13.2 Å². The van der Waals surface area contributed by atoms with Crippen LogP contribution in [0.2, 0.25) is 0 Å². The van der Waals surface area contributed by atoms with E-state index in [0.29, 0.717) is 24.0 Å². The summed E-state index contributed by atoms with van der Waals surface area (Å²) in [6.45, 7) is 4.23. The molecule has 18 heavy (non-hydrogen) atoms. The number of nitrogens with two attached hydrogens (primary N) is 1. The maximum Gasteiger partial charge on any atom is 0.244 e. The van der Waals surface area contributed by atoms with Crippen molar-refractivity contribution >= 4 is 15.7 Å². The molecule has 1 aliphatic rings. The number of hydrogen-bond acceptors (Lipinski definition) is 4. The van der Waals surface area contributed by atoms with Crippen LogP contribution in [-0.4, -0.2) is 21.1 Å². The van der Waals surface area contributed by atoms with Crippen LogP contribution in [0.15, 0.2) is 23.1 Å². The van der Waals surface area contributed by atoms with Crippen molar-refractivity contribution in [2.75, 3.05) is 12.3 Å². The summed E-state index contributed by atoms with van der Waals surface area (Å²) in [5.74, 6) is 0.740. The third-order valence-electron chi connectivity index (χ3n) is 2.97. The molecular weight excluding hydrogens is 252 g/mol. The van der Waals surface area contributed by atoms with Crippen molar-refractivity contribution in [1.29, 1.82) is 0 Å². The first-order chi connectivity index (χ1) is 8.44. The molecule has 0 bridgehead atoms. The number of anilines is 1. The highest BCUT2D eigenvalue weighted by molar-refractivity contribution is 7.89. The van der Waals surface area contributed by atoms with Crippen LogP contribution in [-0.2, 0) is 10.0 Å². The minimum absolute atomic E-state index is 0.0332. The van der Waals surface area contributed by atoms with Crippen LogP contribution in [0.25, 0.3) is 0 Å². The van der Waals surface area contributed by atoms with E-state index in [4.69, 9.17) is 10.5 Å². The zero-order valence-electron chi connectivity index (χ0n) is 10.5. The first kappa shape index (κ1) is 13.2. The molecule has 5 nitrogen and oxygen atoms in total. The van der Waals surface area contributed by atoms with Gasteiger partial charge in [0, 0.05) is 11.7 Å². The molecule has 0 aromatic heterocycles. The highest BCUT2D eigenvalue weighted by Gasteiger charge is 2.37. The summed E-state index contributed by atoms with van der Waals surface area (Å²) in [6.07, 6.45) is 0.880. The Morgan fingerprint density at radius 2 is 2.17 bits per heavy atom. The smallest absolute Gasteiger partial charge is 0.244 e. The van der Waals surface area contributed by atoms with Crippen LogP contribution in [0.3, 0.4) is 0 Å². The summed E-state index contributed by atoms with van der Waals surface area (Å²) >= 11 is 0. The van der Waals surface area contributed by atoms with Gasteiger partial charge in [0.15, 0.2) is 0 Å². The second kappa shape index (κ2) is 4.78. The summed E-state index contributed by atoms with van der Waals surface area (Å²) in [6, 6.07) is 4.68. The Balaban J connectivity index is 2.32. The largest absolute Gasteiger partial charge is 0.492 e. The van der Waals surface area contributed by atoms with Crippen LogP contribution < -0.4 is 15.2 Å². The number of hydrogen-bond donors (Lipinski definition) is 2. The second-order valence-corrected chi connectivity index (χ2v) is 6.26. The van der Waals surface area contributed by atoms with Gasteiger partial charge in [-0.05, 0) is 37.5 Å². The number of sulfonamides is 1. The molecule has 0 saturated heterocycles. The van der Waals surface area contributed by atoms with Gasteiger partial charge in [0.25, 0.3) is 0 Å². The molecule has 1 aliphatic carbocycles. The van der Waals surface area contributed by atoms with Crippen molar-refractivity contribution in [3.05, 3.63) is 18.2 Å². The average molecular weight is 270 g/mol. The lowest BCUT2D eigenvalue weighted by Crippen LogP contribution is -2.27. The number of nitrogen functional groups attached to an aromatic ring is 1. The fraction of sp³-hybridized carbons (Fsp3) is 0.500. The fourth-order valence-corrected chi connectivity index (χ4v) is 3.30. The van der Waals surface area contributed by atoms with Gasteiger partial charge in [-0.3, -0.25) is 0 Å². The summed E-state index contributed by atoms with van der Waals surface area (Å²) in [5.41, 5.74) is 6.05. The van der Waals surface area contributed by atoms with Gasteiger partial charge < -0.3 is 10.5 Å². The van der Waals surface area contributed by atoms with Crippen LogP contribution in [0, 0.1) is 5.92 Å². The van der Waals surface area contributed by atoms with E-state index in [0.717, 1.165) is 6.42 Å². The molecule has 1 aromatic rings. The normalized spacial score (nSPS) is 22.8. The van der Waals surface area contributed by atoms with Gasteiger partial charge in [-0.2, -0.15) is 0 Å². The van der Waals surface area contributed by atoms with E-state index in [9.17, 15) is 8.42 Å². The topological polar surface area (TPSA) is 81.4 Å². The van der Waals surface area contributed by atoms with Gasteiger partial charge in [-0.1, -0.05) is 6.92 Å². The maximum atomic E-state index is 12.2. The number of nitrogens with one attached hydrogen (secondary N) is 1. The molecule has 3 N–H and O–H groups in total. The Hall–Kier alpha value is -1.27. The third-order valence-corrected chi connectivity index (χ3v) is 4.48. The van der Waals surface area contributed by atoms with E-state index in [1.807, 2.05) is 13.8 Å². The Labute approximate surface area is 107 Å². The van der Waals surface area contributed by atoms with Crippen LogP contribution in [0.4, 0.5) is 5.69 Å². The fourth-order valence-electron chi connectivity index (χ4n) is 1.76. The van der Waals surface area contributed by atoms with E-state index < -0.39 is 10.0 Å². The van der Waals surface area contributed by atoms with E-state index in [2.05, 4.69) is 4.72 Å². The quantitative estimate of drug-likeness (QED) is 0.791. The van der Waals surface area contributed by atoms with Crippen molar-refractivity contribution in [2.45, 2.75) is 31.2 Å². The highest BCUT2D eigenvalue weighted by atomic mass is 32.2. The average Bonchev–Trinajstić information content (AvgIpc) is 2.96. The molecule has 0 radical (unpaired) electrons. The Kier molecular flexibility index (Phi) is 3.49. The van der Waals surface area contributed by atoms with Crippen molar-refractivity contribution in [2.24, 2.45) is 5.92 Å². The first-order valence-electron chi connectivity index (χ1n) is 5.98. The lowest BCUT2D eigenvalue weighted by Gasteiger charge is -2.12. The zero-order valence-corrected chi connectivity index (χ0v) is 11.3. The number of benzene rings is 1. The molecule has 0 aliphatic heterocycles. The number of ether oxygens (including phenoxy) is 1. The predicted molar refractivity (Wildman–Crippen MR) is 69.9 cm³/mol. The van der Waals surface area contributed by atoms with Crippen molar-refractivity contribution in [3.8, 4) is 5.75 Å². The summed E-state index contributed by atoms with van der Waals surface area (Å²) in [4.78, 5) is 0.114. The van der Waals surface area contributed by atoms with Gasteiger partial charge in [-0.15, -0.1) is 0 Å². The van der Waals surface area contributed by atoms with E-state index in [1.54, 1.807) is 12.1 Å². The van der Waals surface area contributed by atoms with Gasteiger partial charge in [-0.25, -0.2) is 13.1 Å².